The van der Waals surface area contributed by atoms with Gasteiger partial charge >= 0.3 is 0 Å². The van der Waals surface area contributed by atoms with E-state index in [9.17, 15) is 9.90 Å². The van der Waals surface area contributed by atoms with Crippen LogP contribution < -0.4 is 10.6 Å². The minimum Gasteiger partial charge on any atom is -0.391 e. The quantitative estimate of drug-likeness (QED) is 0.609. The van der Waals surface area contributed by atoms with Gasteiger partial charge in [-0.15, -0.1) is 0 Å². The molecule has 0 saturated heterocycles. The smallest absolute Gasteiger partial charge is 0.272 e. The van der Waals surface area contributed by atoms with E-state index in [1.54, 1.807) is 0 Å². The second-order valence-electron chi connectivity index (χ2n) is 5.39. The summed E-state index contributed by atoms with van der Waals surface area (Å²) in [7, 11) is 0. The third-order valence-electron chi connectivity index (χ3n) is 4.07. The zero-order valence-electron chi connectivity index (χ0n) is 10.9. The number of aromatic nitrogens is 2. The fourth-order valence-corrected chi connectivity index (χ4v) is 2.93. The molecule has 0 aromatic carbocycles. The summed E-state index contributed by atoms with van der Waals surface area (Å²) in [5.74, 6) is -0.174. The van der Waals surface area contributed by atoms with E-state index in [1.165, 1.54) is 0 Å². The molecule has 3 rings (SSSR count). The van der Waals surface area contributed by atoms with Crippen molar-refractivity contribution in [3.63, 3.8) is 0 Å². The fraction of sp³-hybridized carbons (Fsp3) is 0.692. The summed E-state index contributed by atoms with van der Waals surface area (Å²) in [4.78, 5) is 12.3. The van der Waals surface area contributed by atoms with Crippen molar-refractivity contribution in [2.24, 2.45) is 0 Å². The van der Waals surface area contributed by atoms with E-state index in [2.05, 4.69) is 20.8 Å². The predicted octanol–water partition coefficient (Wildman–Crippen LogP) is 0.0887. The third kappa shape index (κ3) is 2.50. The Morgan fingerprint density at radius 2 is 2.21 bits per heavy atom. The van der Waals surface area contributed by atoms with Crippen LogP contribution in [0, 0.1) is 0 Å². The molecule has 2 aliphatic rings. The molecule has 1 aliphatic heterocycles. The van der Waals surface area contributed by atoms with Crippen LogP contribution in [0.15, 0.2) is 0 Å². The van der Waals surface area contributed by atoms with Crippen molar-refractivity contribution in [2.45, 2.75) is 50.8 Å². The van der Waals surface area contributed by atoms with Crippen LogP contribution in [0.5, 0.6) is 0 Å². The zero-order valence-corrected chi connectivity index (χ0v) is 10.9. The molecular formula is C13H20N4O2. The Kier molecular flexibility index (Phi) is 3.52. The molecule has 6 nitrogen and oxygen atoms in total. The highest BCUT2D eigenvalue weighted by molar-refractivity contribution is 5.94. The summed E-state index contributed by atoms with van der Waals surface area (Å²) < 4.78 is 0. The van der Waals surface area contributed by atoms with Crippen LogP contribution in [0.25, 0.3) is 0 Å². The second kappa shape index (κ2) is 5.30. The molecule has 6 heteroatoms. The molecule has 1 aromatic rings. The maximum atomic E-state index is 12.3. The molecule has 1 aliphatic carbocycles. The predicted molar refractivity (Wildman–Crippen MR) is 69.7 cm³/mol. The maximum absolute atomic E-state index is 12.3. The number of hydrogen-bond donors (Lipinski definition) is 4. The van der Waals surface area contributed by atoms with E-state index in [4.69, 9.17) is 0 Å². The van der Waals surface area contributed by atoms with Crippen molar-refractivity contribution < 1.29 is 9.90 Å². The first kappa shape index (κ1) is 12.6. The number of aliphatic hydroxyl groups excluding tert-OH is 1. The van der Waals surface area contributed by atoms with E-state index in [1.807, 2.05) is 0 Å². The van der Waals surface area contributed by atoms with Gasteiger partial charge in [0.1, 0.15) is 0 Å². The number of amides is 1. The number of rotatable bonds is 2. The summed E-state index contributed by atoms with van der Waals surface area (Å²) in [5, 5.41) is 23.1. The standard InChI is InChI=1S/C13H20N4O2/c18-11-4-2-1-3-10(11)15-13(19)12-8-7-14-6-5-9(8)16-17-12/h10-11,14,18H,1-7H2,(H,15,19)(H,16,17). The van der Waals surface area contributed by atoms with Crippen molar-refractivity contribution >= 4 is 5.91 Å². The van der Waals surface area contributed by atoms with Crippen LogP contribution in [-0.2, 0) is 13.0 Å². The van der Waals surface area contributed by atoms with Crippen LogP contribution >= 0.6 is 0 Å². The van der Waals surface area contributed by atoms with E-state index < -0.39 is 6.10 Å². The molecular weight excluding hydrogens is 244 g/mol. The van der Waals surface area contributed by atoms with Gasteiger partial charge < -0.3 is 15.7 Å². The Bertz CT molecular complexity index is 471. The normalized spacial score (nSPS) is 26.8. The van der Waals surface area contributed by atoms with Gasteiger partial charge in [0, 0.05) is 30.8 Å². The largest absolute Gasteiger partial charge is 0.391 e. The number of carbonyl (C=O) groups excluding carboxylic acids is 1. The number of H-pyrrole nitrogens is 1. The van der Waals surface area contributed by atoms with Gasteiger partial charge in [-0.3, -0.25) is 9.89 Å². The Hall–Kier alpha value is -1.40. The topological polar surface area (TPSA) is 90.0 Å². The van der Waals surface area contributed by atoms with Crippen molar-refractivity contribution in [3.05, 3.63) is 17.0 Å². The molecule has 1 aromatic heterocycles. The number of hydrogen-bond acceptors (Lipinski definition) is 4. The number of nitrogens with zero attached hydrogens (tertiary/aromatic N) is 1. The molecule has 1 fully saturated rings. The summed E-state index contributed by atoms with van der Waals surface area (Å²) >= 11 is 0. The van der Waals surface area contributed by atoms with Crippen molar-refractivity contribution in [3.8, 4) is 0 Å². The zero-order chi connectivity index (χ0) is 13.2. The minimum atomic E-state index is -0.425. The summed E-state index contributed by atoms with van der Waals surface area (Å²) in [6.07, 6.45) is 4.16. The van der Waals surface area contributed by atoms with Crippen LogP contribution in [0.2, 0.25) is 0 Å². The van der Waals surface area contributed by atoms with Gasteiger partial charge in [0.2, 0.25) is 0 Å². The Morgan fingerprint density at radius 1 is 1.37 bits per heavy atom. The molecule has 19 heavy (non-hydrogen) atoms. The van der Waals surface area contributed by atoms with Crippen LogP contribution in [0.4, 0.5) is 0 Å². The molecule has 2 atom stereocenters. The highest BCUT2D eigenvalue weighted by atomic mass is 16.3. The second-order valence-corrected chi connectivity index (χ2v) is 5.39. The molecule has 2 unspecified atom stereocenters. The van der Waals surface area contributed by atoms with E-state index >= 15 is 0 Å². The number of carbonyl (C=O) groups is 1. The molecule has 104 valence electrons. The lowest BCUT2D eigenvalue weighted by atomic mass is 9.92. The first-order valence-corrected chi connectivity index (χ1v) is 7.01. The van der Waals surface area contributed by atoms with Crippen molar-refractivity contribution in [1.29, 1.82) is 0 Å². The molecule has 2 heterocycles. The summed E-state index contributed by atoms with van der Waals surface area (Å²) in [6, 6.07) is -0.134. The fourth-order valence-electron chi connectivity index (χ4n) is 2.93. The van der Waals surface area contributed by atoms with Gasteiger partial charge in [0.05, 0.1) is 12.1 Å². The highest BCUT2D eigenvalue weighted by Gasteiger charge is 2.27. The van der Waals surface area contributed by atoms with Gasteiger partial charge in [0.15, 0.2) is 5.69 Å². The molecule has 0 radical (unpaired) electrons. The first-order chi connectivity index (χ1) is 9.25. The highest BCUT2D eigenvalue weighted by Crippen LogP contribution is 2.20. The number of aromatic amines is 1. The Morgan fingerprint density at radius 3 is 3.05 bits per heavy atom. The first-order valence-electron chi connectivity index (χ1n) is 7.01. The molecule has 1 saturated carbocycles. The monoisotopic (exact) mass is 264 g/mol. The van der Waals surface area contributed by atoms with Crippen LogP contribution in [0.1, 0.15) is 47.4 Å². The lowest BCUT2D eigenvalue weighted by Crippen LogP contribution is -2.45. The van der Waals surface area contributed by atoms with Gasteiger partial charge in [-0.1, -0.05) is 12.8 Å². The number of aliphatic hydroxyl groups is 1. The van der Waals surface area contributed by atoms with Crippen LogP contribution in [-0.4, -0.2) is 39.9 Å². The van der Waals surface area contributed by atoms with Gasteiger partial charge in [-0.2, -0.15) is 5.10 Å². The summed E-state index contributed by atoms with van der Waals surface area (Å²) in [6.45, 7) is 1.60. The van der Waals surface area contributed by atoms with E-state index in [-0.39, 0.29) is 11.9 Å². The Labute approximate surface area is 112 Å². The average molecular weight is 264 g/mol. The Balaban J connectivity index is 1.71. The average Bonchev–Trinajstić information content (AvgIpc) is 2.85. The molecule has 0 spiro atoms. The number of fused-ring (bicyclic) bond motifs is 1. The molecule has 1 amide bonds. The lowest BCUT2D eigenvalue weighted by Gasteiger charge is -2.28. The third-order valence-corrected chi connectivity index (χ3v) is 4.07. The van der Waals surface area contributed by atoms with Crippen molar-refractivity contribution in [2.75, 3.05) is 6.54 Å². The lowest BCUT2D eigenvalue weighted by molar-refractivity contribution is 0.0713. The molecule has 0 bridgehead atoms. The van der Waals surface area contributed by atoms with Crippen LogP contribution in [0.3, 0.4) is 0 Å². The van der Waals surface area contributed by atoms with Crippen molar-refractivity contribution in [1.82, 2.24) is 20.8 Å². The minimum absolute atomic E-state index is 0.134. The van der Waals surface area contributed by atoms with Gasteiger partial charge in [-0.05, 0) is 12.8 Å². The molecule has 4 N–H and O–H groups in total. The van der Waals surface area contributed by atoms with Gasteiger partial charge in [0.25, 0.3) is 5.91 Å². The number of nitrogens with one attached hydrogen (secondary N) is 3. The maximum Gasteiger partial charge on any atom is 0.272 e. The SMILES string of the molecule is O=C(NC1CCCCC1O)c1n[nH]c2c1CNCC2. The summed E-state index contributed by atoms with van der Waals surface area (Å²) in [5.41, 5.74) is 2.49. The van der Waals surface area contributed by atoms with Gasteiger partial charge in [-0.25, -0.2) is 0 Å². The van der Waals surface area contributed by atoms with E-state index in [0.717, 1.165) is 49.9 Å². The van der Waals surface area contributed by atoms with E-state index in [0.29, 0.717) is 12.2 Å².